The van der Waals surface area contributed by atoms with Gasteiger partial charge in [-0.15, -0.1) is 10.2 Å². The molecule has 3 aliphatic rings. The minimum Gasteiger partial charge on any atom is -0.232 e. The van der Waals surface area contributed by atoms with Gasteiger partial charge in [0, 0.05) is 19.0 Å². The van der Waals surface area contributed by atoms with Gasteiger partial charge in [0.25, 0.3) is 6.43 Å². The minimum atomic E-state index is -4.17. The Morgan fingerprint density at radius 3 is 2.44 bits per heavy atom. The van der Waals surface area contributed by atoms with Crippen LogP contribution in [0.4, 0.5) is 8.78 Å². The highest BCUT2D eigenvalue weighted by Gasteiger charge is 2.47. The SMILES string of the molecule is CC(C)S(=O)(=O)N1CC=C(c2cc(S(=O)(=O)NC3(C#N)CC3)cc3c(-c4nnc(C(F)F)s4)c(C4CC4)nn23)CC1. The fraction of sp³-hybridized carbons (Fsp3) is 0.520. The number of nitrogens with one attached hydrogen (secondary N) is 1. The molecular formula is C25H27F2N7O4S3. The fourth-order valence-electron chi connectivity index (χ4n) is 4.90. The predicted octanol–water partition coefficient (Wildman–Crippen LogP) is 3.83. The number of nitriles is 1. The van der Waals surface area contributed by atoms with Gasteiger partial charge in [-0.3, -0.25) is 0 Å². The Morgan fingerprint density at radius 1 is 1.17 bits per heavy atom. The maximum absolute atomic E-state index is 13.6. The third-order valence-electron chi connectivity index (χ3n) is 7.60. The first kappa shape index (κ1) is 28.3. The Morgan fingerprint density at radius 2 is 1.90 bits per heavy atom. The second-order valence-corrected chi connectivity index (χ2v) is 16.1. The van der Waals surface area contributed by atoms with E-state index in [1.54, 1.807) is 24.4 Å². The first-order valence-corrected chi connectivity index (χ1v) is 17.0. The molecule has 0 bridgehead atoms. The van der Waals surface area contributed by atoms with Crippen molar-refractivity contribution < 1.29 is 25.6 Å². The summed E-state index contributed by atoms with van der Waals surface area (Å²) in [4.78, 5) is -0.109. The molecule has 0 aromatic carbocycles. The van der Waals surface area contributed by atoms with Crippen LogP contribution in [-0.4, -0.2) is 64.8 Å². The van der Waals surface area contributed by atoms with Gasteiger partial charge in [-0.05, 0) is 63.7 Å². The molecular weight excluding hydrogens is 597 g/mol. The van der Waals surface area contributed by atoms with Gasteiger partial charge in [-0.2, -0.15) is 19.4 Å². The molecule has 2 fully saturated rings. The second kappa shape index (κ2) is 9.87. The highest BCUT2D eigenvalue weighted by atomic mass is 32.2. The number of sulfonamides is 2. The molecule has 0 spiro atoms. The average Bonchev–Trinajstić information content (AvgIpc) is 3.84. The Balaban J connectivity index is 1.54. The van der Waals surface area contributed by atoms with E-state index < -0.39 is 42.3 Å². The van der Waals surface area contributed by atoms with Crippen molar-refractivity contribution in [3.05, 3.63) is 34.6 Å². The van der Waals surface area contributed by atoms with Crippen molar-refractivity contribution in [1.29, 1.82) is 5.26 Å². The van der Waals surface area contributed by atoms with E-state index in [0.29, 0.717) is 47.3 Å². The molecule has 4 heterocycles. The van der Waals surface area contributed by atoms with Gasteiger partial charge in [-0.1, -0.05) is 17.4 Å². The molecule has 0 saturated heterocycles. The number of rotatable bonds is 9. The van der Waals surface area contributed by atoms with Crippen LogP contribution in [0.3, 0.4) is 0 Å². The molecule has 0 amide bonds. The lowest BCUT2D eigenvalue weighted by Crippen LogP contribution is -2.39. The molecule has 0 unspecified atom stereocenters. The van der Waals surface area contributed by atoms with Crippen LogP contribution in [0.15, 0.2) is 23.1 Å². The molecule has 11 nitrogen and oxygen atoms in total. The summed E-state index contributed by atoms with van der Waals surface area (Å²) >= 11 is 0.735. The summed E-state index contributed by atoms with van der Waals surface area (Å²) in [6.07, 6.45) is 1.73. The topological polar surface area (TPSA) is 150 Å². The number of halogens is 2. The number of pyridine rings is 1. The molecule has 1 aliphatic heterocycles. The maximum atomic E-state index is 13.6. The lowest BCUT2D eigenvalue weighted by Gasteiger charge is -2.27. The van der Waals surface area contributed by atoms with Crippen molar-refractivity contribution >= 4 is 42.5 Å². The van der Waals surface area contributed by atoms with Crippen molar-refractivity contribution in [2.75, 3.05) is 13.1 Å². The zero-order chi connectivity index (χ0) is 29.3. The Hall–Kier alpha value is -2.84. The van der Waals surface area contributed by atoms with Crippen LogP contribution >= 0.6 is 11.3 Å². The van der Waals surface area contributed by atoms with Gasteiger partial charge in [0.15, 0.2) is 10.0 Å². The molecule has 2 saturated carbocycles. The van der Waals surface area contributed by atoms with Crippen molar-refractivity contribution in [2.24, 2.45) is 0 Å². The van der Waals surface area contributed by atoms with E-state index >= 15 is 0 Å². The highest BCUT2D eigenvalue weighted by molar-refractivity contribution is 7.89. The molecule has 6 rings (SSSR count). The van der Waals surface area contributed by atoms with Crippen LogP contribution in [0.1, 0.15) is 74.7 Å². The van der Waals surface area contributed by atoms with Crippen molar-refractivity contribution in [1.82, 2.24) is 28.8 Å². The normalized spacial score (nSPS) is 19.6. The zero-order valence-electron chi connectivity index (χ0n) is 22.2. The fourth-order valence-corrected chi connectivity index (χ4v) is 8.30. The van der Waals surface area contributed by atoms with Crippen molar-refractivity contribution in [2.45, 2.75) is 74.0 Å². The van der Waals surface area contributed by atoms with E-state index in [9.17, 15) is 30.9 Å². The van der Waals surface area contributed by atoms with E-state index in [1.165, 1.54) is 16.4 Å². The van der Waals surface area contributed by atoms with Crippen LogP contribution in [0, 0.1) is 11.3 Å². The molecule has 218 valence electrons. The quantitative estimate of drug-likeness (QED) is 0.378. The summed E-state index contributed by atoms with van der Waals surface area (Å²) < 4.78 is 84.9. The Bertz CT molecular complexity index is 1830. The number of hydrogen-bond donors (Lipinski definition) is 1. The van der Waals surface area contributed by atoms with Gasteiger partial charge >= 0.3 is 0 Å². The predicted molar refractivity (Wildman–Crippen MR) is 147 cm³/mol. The van der Waals surface area contributed by atoms with Gasteiger partial charge < -0.3 is 0 Å². The second-order valence-electron chi connectivity index (χ2n) is 10.9. The Kier molecular flexibility index (Phi) is 6.81. The van der Waals surface area contributed by atoms with E-state index in [1.807, 2.05) is 6.07 Å². The molecule has 0 atom stereocenters. The number of nitrogens with zero attached hydrogens (tertiary/aromatic N) is 6. The molecule has 2 aliphatic carbocycles. The number of fused-ring (bicyclic) bond motifs is 1. The van der Waals surface area contributed by atoms with Gasteiger partial charge in [0.1, 0.15) is 5.54 Å². The molecule has 16 heteroatoms. The van der Waals surface area contributed by atoms with Crippen molar-refractivity contribution in [3.63, 3.8) is 0 Å². The van der Waals surface area contributed by atoms with E-state index in [0.717, 1.165) is 24.2 Å². The molecule has 3 aromatic heterocycles. The Labute approximate surface area is 240 Å². The third kappa shape index (κ3) is 5.07. The largest absolute Gasteiger partial charge is 0.291 e. The number of aromatic nitrogens is 4. The molecule has 41 heavy (non-hydrogen) atoms. The maximum Gasteiger partial charge on any atom is 0.291 e. The zero-order valence-corrected chi connectivity index (χ0v) is 24.7. The van der Waals surface area contributed by atoms with Crippen LogP contribution in [-0.2, 0) is 20.0 Å². The van der Waals surface area contributed by atoms with Crippen LogP contribution in [0.25, 0.3) is 21.7 Å². The first-order valence-electron chi connectivity index (χ1n) is 13.2. The van der Waals surface area contributed by atoms with Crippen molar-refractivity contribution in [3.8, 4) is 16.6 Å². The summed E-state index contributed by atoms with van der Waals surface area (Å²) in [6, 6.07) is 4.93. The van der Waals surface area contributed by atoms with Gasteiger partial charge in [-0.25, -0.2) is 30.1 Å². The highest BCUT2D eigenvalue weighted by Crippen LogP contribution is 2.47. The summed E-state index contributed by atoms with van der Waals surface area (Å²) in [7, 11) is -7.66. The van der Waals surface area contributed by atoms with E-state index in [-0.39, 0.29) is 28.9 Å². The lowest BCUT2D eigenvalue weighted by atomic mass is 10.0. The van der Waals surface area contributed by atoms with Gasteiger partial charge in [0.2, 0.25) is 20.0 Å². The minimum absolute atomic E-state index is 0.0650. The first-order chi connectivity index (χ1) is 19.3. The molecule has 3 aromatic rings. The summed E-state index contributed by atoms with van der Waals surface area (Å²) in [5.41, 5.74) is 1.43. The third-order valence-corrected chi connectivity index (χ3v) is 12.3. The van der Waals surface area contributed by atoms with E-state index in [2.05, 4.69) is 14.9 Å². The standard InChI is InChI=1S/C25H27F2N7O4S3/c1-14(2)41(37,38)33-9-5-15(6-10-33)18-11-17(40(35,36)32-25(13-28)7-8-25)12-19-20(21(16-3-4-16)31-34(18)19)23-29-30-24(39-23)22(26)27/h5,11-12,14,16,22,32H,3-4,6-10H2,1-2H3. The average molecular weight is 624 g/mol. The number of hydrogen-bond acceptors (Lipinski definition) is 9. The number of alkyl halides is 2. The lowest BCUT2D eigenvalue weighted by molar-refractivity contribution is 0.150. The van der Waals surface area contributed by atoms with Crippen LogP contribution < -0.4 is 4.72 Å². The van der Waals surface area contributed by atoms with E-state index in [4.69, 9.17) is 5.10 Å². The monoisotopic (exact) mass is 623 g/mol. The smallest absolute Gasteiger partial charge is 0.232 e. The van der Waals surface area contributed by atoms with Crippen LogP contribution in [0.2, 0.25) is 0 Å². The molecule has 0 radical (unpaired) electrons. The molecule has 1 N–H and O–H groups in total. The summed E-state index contributed by atoms with van der Waals surface area (Å²) in [5.74, 6) is 0.0650. The summed E-state index contributed by atoms with van der Waals surface area (Å²) in [5, 5.41) is 21.2. The van der Waals surface area contributed by atoms with Gasteiger partial charge in [0.05, 0.1) is 38.7 Å². The van der Waals surface area contributed by atoms with Crippen LogP contribution in [0.5, 0.6) is 0 Å². The summed E-state index contributed by atoms with van der Waals surface area (Å²) in [6.45, 7) is 3.55.